The van der Waals surface area contributed by atoms with Crippen molar-refractivity contribution < 1.29 is 5.11 Å². The predicted octanol–water partition coefficient (Wildman–Crippen LogP) is 1.88. The molecule has 84 valence electrons. The minimum absolute atomic E-state index is 0.438. The van der Waals surface area contributed by atoms with Crippen molar-refractivity contribution in [1.82, 2.24) is 9.88 Å². The monoisotopic (exact) mass is 226 g/mol. The van der Waals surface area contributed by atoms with Gasteiger partial charge in [-0.3, -0.25) is 4.90 Å². The lowest BCUT2D eigenvalue weighted by Crippen LogP contribution is -2.38. The van der Waals surface area contributed by atoms with Crippen LogP contribution < -0.4 is 0 Å². The van der Waals surface area contributed by atoms with Gasteiger partial charge < -0.3 is 5.11 Å². The highest BCUT2D eigenvalue weighted by Gasteiger charge is 2.32. The highest BCUT2D eigenvalue weighted by atomic mass is 32.1. The van der Waals surface area contributed by atoms with Gasteiger partial charge in [0.25, 0.3) is 0 Å². The summed E-state index contributed by atoms with van der Waals surface area (Å²) in [7, 11) is 2.05. The van der Waals surface area contributed by atoms with Crippen LogP contribution in [0.5, 0.6) is 0 Å². The van der Waals surface area contributed by atoms with E-state index in [-0.39, 0.29) is 0 Å². The number of rotatable bonds is 4. The Morgan fingerprint density at radius 1 is 1.53 bits per heavy atom. The first-order chi connectivity index (χ1) is 7.18. The van der Waals surface area contributed by atoms with Crippen LogP contribution >= 0.6 is 11.3 Å². The molecule has 0 aromatic carbocycles. The number of aromatic nitrogens is 1. The van der Waals surface area contributed by atoms with Gasteiger partial charge in [0.05, 0.1) is 12.1 Å². The summed E-state index contributed by atoms with van der Waals surface area (Å²) >= 11 is 1.67. The van der Waals surface area contributed by atoms with E-state index in [1.807, 2.05) is 11.6 Å². The summed E-state index contributed by atoms with van der Waals surface area (Å²) in [6.07, 6.45) is 6.08. The van der Waals surface area contributed by atoms with E-state index in [0.29, 0.717) is 0 Å². The zero-order valence-corrected chi connectivity index (χ0v) is 9.96. The van der Waals surface area contributed by atoms with Crippen LogP contribution in [0.25, 0.3) is 0 Å². The quantitative estimate of drug-likeness (QED) is 0.851. The molecule has 0 aliphatic heterocycles. The molecule has 0 bridgehead atoms. The molecule has 1 N–H and O–H groups in total. The minimum Gasteiger partial charge on any atom is -0.389 e. The van der Waals surface area contributed by atoms with Crippen LogP contribution in [0.1, 0.15) is 30.7 Å². The molecule has 0 atom stereocenters. The van der Waals surface area contributed by atoms with Gasteiger partial charge in [-0.15, -0.1) is 11.3 Å². The maximum atomic E-state index is 10.2. The third kappa shape index (κ3) is 3.00. The number of likely N-dealkylation sites (N-methyl/N-ethyl adjacent to an activating group) is 1. The first-order valence-electron chi connectivity index (χ1n) is 5.47. The fourth-order valence-corrected chi connectivity index (χ4v) is 3.01. The van der Waals surface area contributed by atoms with Gasteiger partial charge in [-0.25, -0.2) is 4.98 Å². The van der Waals surface area contributed by atoms with Gasteiger partial charge in [-0.1, -0.05) is 12.8 Å². The molecule has 2 rings (SSSR count). The second-order valence-corrected chi connectivity index (χ2v) is 5.51. The molecule has 1 saturated carbocycles. The molecule has 3 nitrogen and oxygen atoms in total. The Morgan fingerprint density at radius 2 is 2.27 bits per heavy atom. The van der Waals surface area contributed by atoms with E-state index in [1.54, 1.807) is 11.3 Å². The van der Waals surface area contributed by atoms with Crippen molar-refractivity contribution in [2.24, 2.45) is 0 Å². The van der Waals surface area contributed by atoms with Crippen molar-refractivity contribution in [3.63, 3.8) is 0 Å². The molecule has 1 fully saturated rings. The van der Waals surface area contributed by atoms with Gasteiger partial charge in [0.2, 0.25) is 0 Å². The average molecular weight is 226 g/mol. The molecule has 15 heavy (non-hydrogen) atoms. The fourth-order valence-electron chi connectivity index (χ4n) is 2.31. The molecule has 0 spiro atoms. The Bertz CT molecular complexity index is 294. The maximum absolute atomic E-state index is 10.2. The molecule has 0 amide bonds. The normalized spacial score (nSPS) is 19.9. The van der Waals surface area contributed by atoms with Crippen LogP contribution in [0.3, 0.4) is 0 Å². The molecular formula is C11H18N2OS. The molecular weight excluding hydrogens is 208 g/mol. The van der Waals surface area contributed by atoms with Crippen molar-refractivity contribution in [1.29, 1.82) is 0 Å². The number of hydrogen-bond acceptors (Lipinski definition) is 4. The molecule has 1 aliphatic carbocycles. The SMILES string of the molecule is CN(Cc1nccs1)CC1(O)CCCC1. The smallest absolute Gasteiger partial charge is 0.107 e. The van der Waals surface area contributed by atoms with Gasteiger partial charge in [0, 0.05) is 18.1 Å². The number of thiazole rings is 1. The lowest BCUT2D eigenvalue weighted by Gasteiger charge is -2.27. The Hall–Kier alpha value is -0.450. The first kappa shape index (κ1) is 11.0. The lowest BCUT2D eigenvalue weighted by atomic mass is 10.0. The standard InChI is InChI=1S/C11H18N2OS/c1-13(8-10-12-6-7-15-10)9-11(14)4-2-3-5-11/h6-7,14H,2-5,8-9H2,1H3. The van der Waals surface area contributed by atoms with Crippen LogP contribution in [0.4, 0.5) is 0 Å². The second kappa shape index (κ2) is 4.60. The molecule has 1 aliphatic rings. The summed E-state index contributed by atoms with van der Waals surface area (Å²) in [5.41, 5.74) is -0.438. The third-order valence-electron chi connectivity index (χ3n) is 2.99. The van der Waals surface area contributed by atoms with E-state index in [4.69, 9.17) is 0 Å². The van der Waals surface area contributed by atoms with E-state index in [9.17, 15) is 5.11 Å². The highest BCUT2D eigenvalue weighted by molar-refractivity contribution is 7.09. The van der Waals surface area contributed by atoms with Crippen LogP contribution in [0, 0.1) is 0 Å². The topological polar surface area (TPSA) is 36.4 Å². The summed E-state index contributed by atoms with van der Waals surface area (Å²) in [6.45, 7) is 1.62. The van der Waals surface area contributed by atoms with Crippen molar-refractivity contribution in [2.45, 2.75) is 37.8 Å². The van der Waals surface area contributed by atoms with Gasteiger partial charge in [0.15, 0.2) is 0 Å². The van der Waals surface area contributed by atoms with E-state index < -0.39 is 5.60 Å². The number of aliphatic hydroxyl groups is 1. The van der Waals surface area contributed by atoms with Crippen molar-refractivity contribution in [2.75, 3.05) is 13.6 Å². The van der Waals surface area contributed by atoms with Crippen molar-refractivity contribution in [3.8, 4) is 0 Å². The summed E-state index contributed by atoms with van der Waals surface area (Å²) < 4.78 is 0. The minimum atomic E-state index is -0.438. The van der Waals surface area contributed by atoms with E-state index in [1.165, 1.54) is 12.8 Å². The Kier molecular flexibility index (Phi) is 3.38. The average Bonchev–Trinajstić information content (AvgIpc) is 2.76. The Balaban J connectivity index is 1.84. The lowest BCUT2D eigenvalue weighted by molar-refractivity contribution is 0.0145. The zero-order chi connectivity index (χ0) is 10.7. The molecule has 1 heterocycles. The molecule has 0 unspecified atom stereocenters. The molecule has 4 heteroatoms. The van der Waals surface area contributed by atoms with Gasteiger partial charge in [-0.05, 0) is 19.9 Å². The molecule has 1 aromatic heterocycles. The first-order valence-corrected chi connectivity index (χ1v) is 6.35. The summed E-state index contributed by atoms with van der Waals surface area (Å²) in [5.74, 6) is 0. The predicted molar refractivity (Wildman–Crippen MR) is 61.9 cm³/mol. The molecule has 1 aromatic rings. The number of nitrogens with zero attached hydrogens (tertiary/aromatic N) is 2. The number of hydrogen-bond donors (Lipinski definition) is 1. The van der Waals surface area contributed by atoms with Crippen LogP contribution in [-0.4, -0.2) is 34.2 Å². The fraction of sp³-hybridized carbons (Fsp3) is 0.727. The van der Waals surface area contributed by atoms with Crippen molar-refractivity contribution in [3.05, 3.63) is 16.6 Å². The van der Waals surface area contributed by atoms with Gasteiger partial charge >= 0.3 is 0 Å². The van der Waals surface area contributed by atoms with Crippen molar-refractivity contribution >= 4 is 11.3 Å². The largest absolute Gasteiger partial charge is 0.389 e. The van der Waals surface area contributed by atoms with E-state index >= 15 is 0 Å². The second-order valence-electron chi connectivity index (χ2n) is 4.53. The maximum Gasteiger partial charge on any atom is 0.107 e. The summed E-state index contributed by atoms with van der Waals surface area (Å²) in [4.78, 5) is 6.42. The third-order valence-corrected chi connectivity index (χ3v) is 3.75. The molecule has 0 saturated heterocycles. The van der Waals surface area contributed by atoms with Gasteiger partial charge in [-0.2, -0.15) is 0 Å². The molecule has 0 radical (unpaired) electrons. The summed E-state index contributed by atoms with van der Waals surface area (Å²) in [6, 6.07) is 0. The summed E-state index contributed by atoms with van der Waals surface area (Å²) in [5, 5.41) is 13.3. The van der Waals surface area contributed by atoms with Crippen LogP contribution in [0.2, 0.25) is 0 Å². The Morgan fingerprint density at radius 3 is 2.87 bits per heavy atom. The zero-order valence-electron chi connectivity index (χ0n) is 9.15. The van der Waals surface area contributed by atoms with E-state index in [2.05, 4.69) is 16.9 Å². The van der Waals surface area contributed by atoms with Crippen LogP contribution in [0.15, 0.2) is 11.6 Å². The highest BCUT2D eigenvalue weighted by Crippen LogP contribution is 2.30. The Labute approximate surface area is 94.8 Å². The van der Waals surface area contributed by atoms with Gasteiger partial charge in [0.1, 0.15) is 5.01 Å². The van der Waals surface area contributed by atoms with Crippen LogP contribution in [-0.2, 0) is 6.54 Å². The van der Waals surface area contributed by atoms with E-state index in [0.717, 1.165) is 30.9 Å².